The first kappa shape index (κ1) is 17.0. The normalized spacial score (nSPS) is 12.3. The number of carbonyl (C=O) groups excluding carboxylic acids is 2. The molecule has 0 aliphatic heterocycles. The van der Waals surface area contributed by atoms with Crippen LogP contribution in [-0.2, 0) is 27.2 Å². The molecule has 1 heterocycles. The summed E-state index contributed by atoms with van der Waals surface area (Å²) in [6, 6.07) is 2.15. The molecule has 2 amide bonds. The number of nitrogens with zero attached hydrogens (tertiary/aromatic N) is 1. The van der Waals surface area contributed by atoms with Gasteiger partial charge in [0.05, 0.1) is 12.0 Å². The van der Waals surface area contributed by atoms with Crippen LogP contribution in [0.1, 0.15) is 41.7 Å². The van der Waals surface area contributed by atoms with Crippen LogP contribution in [0.25, 0.3) is 0 Å². The van der Waals surface area contributed by atoms with Crippen LogP contribution in [0.4, 0.5) is 5.00 Å². The third kappa shape index (κ3) is 4.53. The first-order chi connectivity index (χ1) is 11.0. The van der Waals surface area contributed by atoms with Gasteiger partial charge in [0.15, 0.2) is 0 Å². The maximum atomic E-state index is 11.9. The Morgan fingerprint density at radius 2 is 1.91 bits per heavy atom. The number of thiophene rings is 1. The predicted octanol–water partition coefficient (Wildman–Crippen LogP) is 1.42. The van der Waals surface area contributed by atoms with Gasteiger partial charge in [-0.15, -0.1) is 11.3 Å². The number of carbonyl (C=O) groups is 3. The standard InChI is InChI=1S/C15H17N3O4S/c16-8-10-9-2-1-3-11(9)23-15(10)18-13(20)5-4-12(19)17-7-6-14(21)22/h1-7H2,(H,17,19)(H,18,20)(H,21,22). The maximum Gasteiger partial charge on any atom is 0.305 e. The summed E-state index contributed by atoms with van der Waals surface area (Å²) in [5.41, 5.74) is 1.58. The number of anilines is 1. The van der Waals surface area contributed by atoms with Gasteiger partial charge in [-0.2, -0.15) is 5.26 Å². The molecule has 1 aromatic heterocycles. The number of nitriles is 1. The summed E-state index contributed by atoms with van der Waals surface area (Å²) in [5.74, 6) is -1.68. The van der Waals surface area contributed by atoms with E-state index in [0.29, 0.717) is 10.6 Å². The Kier molecular flexibility index (Phi) is 5.71. The Bertz CT molecular complexity index is 675. The highest BCUT2D eigenvalue weighted by atomic mass is 32.1. The van der Waals surface area contributed by atoms with Crippen molar-refractivity contribution in [3.8, 4) is 6.07 Å². The fourth-order valence-electron chi connectivity index (χ4n) is 2.42. The summed E-state index contributed by atoms with van der Waals surface area (Å²) in [4.78, 5) is 34.9. The Balaban J connectivity index is 1.81. The van der Waals surface area contributed by atoms with E-state index in [-0.39, 0.29) is 37.6 Å². The zero-order chi connectivity index (χ0) is 16.8. The van der Waals surface area contributed by atoms with Crippen molar-refractivity contribution in [3.63, 3.8) is 0 Å². The van der Waals surface area contributed by atoms with E-state index < -0.39 is 5.97 Å². The van der Waals surface area contributed by atoms with Crippen molar-refractivity contribution in [2.24, 2.45) is 0 Å². The number of rotatable bonds is 7. The average molecular weight is 335 g/mol. The monoisotopic (exact) mass is 335 g/mol. The van der Waals surface area contributed by atoms with Crippen LogP contribution in [0, 0.1) is 11.3 Å². The molecule has 0 atom stereocenters. The van der Waals surface area contributed by atoms with Crippen LogP contribution >= 0.6 is 11.3 Å². The zero-order valence-electron chi connectivity index (χ0n) is 12.5. The van der Waals surface area contributed by atoms with Gasteiger partial charge >= 0.3 is 5.97 Å². The van der Waals surface area contributed by atoms with Gasteiger partial charge in [0.25, 0.3) is 0 Å². The largest absolute Gasteiger partial charge is 0.481 e. The highest BCUT2D eigenvalue weighted by Gasteiger charge is 2.23. The van der Waals surface area contributed by atoms with E-state index in [9.17, 15) is 19.6 Å². The zero-order valence-corrected chi connectivity index (χ0v) is 13.3. The molecular formula is C15H17N3O4S. The Morgan fingerprint density at radius 3 is 2.61 bits per heavy atom. The van der Waals surface area contributed by atoms with Gasteiger partial charge < -0.3 is 15.7 Å². The van der Waals surface area contributed by atoms with Crippen molar-refractivity contribution < 1.29 is 19.5 Å². The number of hydrogen-bond donors (Lipinski definition) is 3. The smallest absolute Gasteiger partial charge is 0.305 e. The highest BCUT2D eigenvalue weighted by molar-refractivity contribution is 7.16. The third-order valence-electron chi connectivity index (χ3n) is 3.53. The van der Waals surface area contributed by atoms with E-state index in [0.717, 1.165) is 29.7 Å². The molecule has 0 bridgehead atoms. The minimum absolute atomic E-state index is 0.00760. The molecule has 1 aliphatic carbocycles. The molecule has 3 N–H and O–H groups in total. The number of aliphatic carboxylic acids is 1. The van der Waals surface area contributed by atoms with Crippen LogP contribution in [-0.4, -0.2) is 29.4 Å². The summed E-state index contributed by atoms with van der Waals surface area (Å²) in [6.07, 6.45) is 2.68. The summed E-state index contributed by atoms with van der Waals surface area (Å²) < 4.78 is 0. The number of carboxylic acids is 1. The van der Waals surface area contributed by atoms with Gasteiger partial charge in [-0.1, -0.05) is 0 Å². The molecule has 8 heteroatoms. The van der Waals surface area contributed by atoms with Crippen LogP contribution in [0.3, 0.4) is 0 Å². The highest BCUT2D eigenvalue weighted by Crippen LogP contribution is 2.38. The summed E-state index contributed by atoms with van der Waals surface area (Å²) in [5, 5.41) is 23.4. The second-order valence-corrected chi connectivity index (χ2v) is 6.32. The molecule has 0 spiro atoms. The van der Waals surface area contributed by atoms with Gasteiger partial charge in [0, 0.05) is 24.3 Å². The molecule has 23 heavy (non-hydrogen) atoms. The number of hydrogen-bond acceptors (Lipinski definition) is 5. The SMILES string of the molecule is N#Cc1c(NC(=O)CCC(=O)NCCC(=O)O)sc2c1CCC2. The molecule has 0 saturated heterocycles. The van der Waals surface area contributed by atoms with Gasteiger partial charge in [-0.05, 0) is 24.8 Å². The van der Waals surface area contributed by atoms with Crippen LogP contribution < -0.4 is 10.6 Å². The van der Waals surface area contributed by atoms with Crippen molar-refractivity contribution in [3.05, 3.63) is 16.0 Å². The molecule has 1 aliphatic rings. The lowest BCUT2D eigenvalue weighted by Gasteiger charge is -2.05. The Labute approximate surface area is 137 Å². The maximum absolute atomic E-state index is 11.9. The lowest BCUT2D eigenvalue weighted by atomic mass is 10.1. The van der Waals surface area contributed by atoms with Crippen molar-refractivity contribution in [2.45, 2.75) is 38.5 Å². The topological polar surface area (TPSA) is 119 Å². The van der Waals surface area contributed by atoms with Crippen LogP contribution in [0.5, 0.6) is 0 Å². The van der Waals surface area contributed by atoms with E-state index in [1.807, 2.05) is 0 Å². The molecule has 122 valence electrons. The summed E-state index contributed by atoms with van der Waals surface area (Å²) >= 11 is 1.43. The number of amides is 2. The van der Waals surface area contributed by atoms with Crippen LogP contribution in [0.2, 0.25) is 0 Å². The molecule has 1 aromatic rings. The number of carboxylic acid groups (broad SMARTS) is 1. The molecule has 0 radical (unpaired) electrons. The number of nitrogens with one attached hydrogen (secondary N) is 2. The predicted molar refractivity (Wildman–Crippen MR) is 84.2 cm³/mol. The van der Waals surface area contributed by atoms with Crippen molar-refractivity contribution in [1.29, 1.82) is 5.26 Å². The molecule has 7 nitrogen and oxygen atoms in total. The molecular weight excluding hydrogens is 318 g/mol. The Hall–Kier alpha value is -2.40. The van der Waals surface area contributed by atoms with Crippen molar-refractivity contribution in [2.75, 3.05) is 11.9 Å². The summed E-state index contributed by atoms with van der Waals surface area (Å²) in [7, 11) is 0. The van der Waals surface area contributed by atoms with Gasteiger partial charge in [0.1, 0.15) is 11.1 Å². The fourth-order valence-corrected chi connectivity index (χ4v) is 3.68. The summed E-state index contributed by atoms with van der Waals surface area (Å²) in [6.45, 7) is 0.0476. The van der Waals surface area contributed by atoms with Crippen molar-refractivity contribution >= 4 is 34.1 Å². The third-order valence-corrected chi connectivity index (χ3v) is 4.73. The molecule has 0 saturated carbocycles. The van der Waals surface area contributed by atoms with Crippen molar-refractivity contribution in [1.82, 2.24) is 5.32 Å². The lowest BCUT2D eigenvalue weighted by Crippen LogP contribution is -2.27. The van der Waals surface area contributed by atoms with Gasteiger partial charge in [-0.25, -0.2) is 0 Å². The quantitative estimate of drug-likeness (QED) is 0.696. The number of aryl methyl sites for hydroxylation is 1. The molecule has 0 fully saturated rings. The second-order valence-electron chi connectivity index (χ2n) is 5.22. The fraction of sp³-hybridized carbons (Fsp3) is 0.467. The number of fused-ring (bicyclic) bond motifs is 1. The van der Waals surface area contributed by atoms with E-state index in [2.05, 4.69) is 16.7 Å². The van der Waals surface area contributed by atoms with E-state index >= 15 is 0 Å². The first-order valence-electron chi connectivity index (χ1n) is 7.34. The average Bonchev–Trinajstić information content (AvgIpc) is 3.05. The van der Waals surface area contributed by atoms with Gasteiger partial charge in [0.2, 0.25) is 11.8 Å². The molecule has 0 aromatic carbocycles. The molecule has 2 rings (SSSR count). The van der Waals surface area contributed by atoms with Gasteiger partial charge in [-0.3, -0.25) is 14.4 Å². The van der Waals surface area contributed by atoms with E-state index in [4.69, 9.17) is 5.11 Å². The molecule has 0 unspecified atom stereocenters. The minimum Gasteiger partial charge on any atom is -0.481 e. The lowest BCUT2D eigenvalue weighted by molar-refractivity contribution is -0.137. The van der Waals surface area contributed by atoms with Crippen LogP contribution in [0.15, 0.2) is 0 Å². The Morgan fingerprint density at radius 1 is 1.17 bits per heavy atom. The first-order valence-corrected chi connectivity index (χ1v) is 8.16. The second kappa shape index (κ2) is 7.74. The minimum atomic E-state index is -0.988. The van der Waals surface area contributed by atoms with E-state index in [1.165, 1.54) is 11.3 Å². The van der Waals surface area contributed by atoms with E-state index in [1.54, 1.807) is 0 Å².